The minimum absolute atomic E-state index is 0.0285. The minimum atomic E-state index is -1.00. The van der Waals surface area contributed by atoms with Gasteiger partial charge < -0.3 is 19.2 Å². The van der Waals surface area contributed by atoms with E-state index in [1.807, 2.05) is 78.9 Å². The van der Waals surface area contributed by atoms with Crippen molar-refractivity contribution in [3.05, 3.63) is 101 Å². The predicted octanol–water partition coefficient (Wildman–Crippen LogP) is 3.85. The maximum absolute atomic E-state index is 13.2. The summed E-state index contributed by atoms with van der Waals surface area (Å²) < 4.78 is 17.8. The maximum atomic E-state index is 13.2. The number of hydrogen-bond donors (Lipinski definition) is 2. The number of ketones is 1. The highest BCUT2D eigenvalue weighted by atomic mass is 32.1. The summed E-state index contributed by atoms with van der Waals surface area (Å²) in [4.78, 5) is 30.6. The summed E-state index contributed by atoms with van der Waals surface area (Å²) >= 11 is 1.25. The lowest BCUT2D eigenvalue weighted by Gasteiger charge is -2.34. The van der Waals surface area contributed by atoms with E-state index in [1.54, 1.807) is 0 Å². The molecule has 1 aliphatic heterocycles. The molecule has 3 atom stereocenters. The molecule has 6 rings (SSSR count). The first-order valence-electron chi connectivity index (χ1n) is 12.2. The summed E-state index contributed by atoms with van der Waals surface area (Å²) in [6.45, 7) is 0.186. The number of carbonyl (C=O) groups excluding carboxylic acids is 2. The third kappa shape index (κ3) is 5.20. The van der Waals surface area contributed by atoms with Crippen molar-refractivity contribution in [2.75, 3.05) is 7.11 Å². The van der Waals surface area contributed by atoms with Crippen molar-refractivity contribution in [1.82, 2.24) is 25.8 Å². The van der Waals surface area contributed by atoms with E-state index in [2.05, 4.69) is 25.8 Å². The number of benzene rings is 3. The number of amides is 1. The summed E-state index contributed by atoms with van der Waals surface area (Å²) in [5, 5.41) is 14.0. The van der Waals surface area contributed by atoms with Crippen molar-refractivity contribution in [3.8, 4) is 11.1 Å². The molecule has 39 heavy (non-hydrogen) atoms. The Hall–Kier alpha value is -4.29. The Morgan fingerprint density at radius 1 is 1.00 bits per heavy atom. The van der Waals surface area contributed by atoms with E-state index < -0.39 is 30.2 Å². The van der Waals surface area contributed by atoms with Crippen LogP contribution in [0.3, 0.4) is 0 Å². The second-order valence-electron chi connectivity index (χ2n) is 8.83. The molecule has 1 fully saturated rings. The lowest BCUT2D eigenvalue weighted by atomic mass is 10.1. The van der Waals surface area contributed by atoms with Crippen molar-refractivity contribution >= 4 is 33.2 Å². The van der Waals surface area contributed by atoms with Crippen LogP contribution in [0, 0.1) is 0 Å². The molecule has 1 saturated heterocycles. The second-order valence-corrected chi connectivity index (χ2v) is 9.86. The summed E-state index contributed by atoms with van der Waals surface area (Å²) in [5.74, 6) is -1.11. The van der Waals surface area contributed by atoms with Gasteiger partial charge in [-0.2, -0.15) is 0 Å². The molecule has 3 heterocycles. The van der Waals surface area contributed by atoms with Gasteiger partial charge in [0.1, 0.15) is 6.04 Å². The molecule has 1 amide bonds. The number of hydrogen-bond acceptors (Lipinski definition) is 10. The molecular weight excluding hydrogens is 518 g/mol. The summed E-state index contributed by atoms with van der Waals surface area (Å²) in [6.07, 6.45) is -1.80. The first-order chi connectivity index (χ1) is 19.1. The highest BCUT2D eigenvalue weighted by molar-refractivity contribution is 7.20. The van der Waals surface area contributed by atoms with Crippen LogP contribution < -0.4 is 10.6 Å². The van der Waals surface area contributed by atoms with Crippen LogP contribution in [0.5, 0.6) is 0 Å². The Morgan fingerprint density at radius 2 is 1.77 bits per heavy atom. The second kappa shape index (κ2) is 10.8. The van der Waals surface area contributed by atoms with Gasteiger partial charge in [0.05, 0.1) is 16.8 Å². The topological polar surface area (TPSA) is 128 Å². The summed E-state index contributed by atoms with van der Waals surface area (Å²) in [5.41, 5.74) is 3.70. The van der Waals surface area contributed by atoms with Gasteiger partial charge in [0.2, 0.25) is 5.89 Å². The minimum Gasteiger partial charge on any atom is -0.416 e. The van der Waals surface area contributed by atoms with E-state index in [9.17, 15) is 9.59 Å². The van der Waals surface area contributed by atoms with Crippen molar-refractivity contribution in [1.29, 1.82) is 0 Å². The van der Waals surface area contributed by atoms with Crippen molar-refractivity contribution in [3.63, 3.8) is 0 Å². The molecule has 0 saturated carbocycles. The number of nitrogens with one attached hydrogen (secondary N) is 2. The van der Waals surface area contributed by atoms with E-state index in [-0.39, 0.29) is 23.4 Å². The third-order valence-corrected chi connectivity index (χ3v) is 7.28. The fraction of sp³-hybridized carbons (Fsp3) is 0.179. The van der Waals surface area contributed by atoms with Crippen LogP contribution >= 0.6 is 11.3 Å². The number of methoxy groups -OCH3 is 1. The number of nitrogens with zero attached hydrogens (tertiary/aromatic N) is 3. The van der Waals surface area contributed by atoms with Crippen molar-refractivity contribution in [2.24, 2.45) is 0 Å². The van der Waals surface area contributed by atoms with Gasteiger partial charge in [0.15, 0.2) is 17.5 Å². The Morgan fingerprint density at radius 3 is 2.54 bits per heavy atom. The Bertz CT molecular complexity index is 1620. The van der Waals surface area contributed by atoms with Crippen LogP contribution in [0.15, 0.2) is 83.3 Å². The fourth-order valence-electron chi connectivity index (χ4n) is 4.29. The Labute approximate surface area is 227 Å². The van der Waals surface area contributed by atoms with Crippen molar-refractivity contribution in [2.45, 2.75) is 25.1 Å². The Balaban J connectivity index is 1.24. The molecule has 5 aromatic rings. The number of rotatable bonds is 8. The lowest BCUT2D eigenvalue weighted by Crippen LogP contribution is -2.61. The van der Waals surface area contributed by atoms with Gasteiger partial charge in [-0.15, -0.1) is 21.5 Å². The van der Waals surface area contributed by atoms with Gasteiger partial charge in [-0.05, 0) is 28.8 Å². The average molecular weight is 542 g/mol. The summed E-state index contributed by atoms with van der Waals surface area (Å²) in [7, 11) is 1.44. The molecule has 3 unspecified atom stereocenters. The molecule has 2 aromatic heterocycles. The molecular formula is C28H23N5O5S. The molecule has 1 aliphatic rings. The van der Waals surface area contributed by atoms with Gasteiger partial charge in [-0.1, -0.05) is 66.7 Å². The van der Waals surface area contributed by atoms with Crippen molar-refractivity contribution < 1.29 is 23.5 Å². The van der Waals surface area contributed by atoms with Crippen LogP contribution in [-0.2, 0) is 20.9 Å². The van der Waals surface area contributed by atoms with E-state index in [0.29, 0.717) is 5.52 Å². The molecule has 3 aromatic carbocycles. The zero-order valence-corrected chi connectivity index (χ0v) is 21.6. The number of thiazole rings is 1. The standard InChI is InChI=1S/C28H23N5O5S/c1-36-28-30-21(23(24(35)31-28)37-15-16-8-4-2-5-9-16)25-32-33-26(38-25)22(34)27-29-19-13-12-18(14-20(19)39-27)17-10-6-3-7-11-17/h2-14,21,23,28,30H,15H2,1H3,(H,31,35). The highest BCUT2D eigenvalue weighted by Gasteiger charge is 2.41. The molecule has 0 aliphatic carbocycles. The van der Waals surface area contributed by atoms with Crippen LogP contribution in [0.4, 0.5) is 0 Å². The lowest BCUT2D eigenvalue weighted by molar-refractivity contribution is -0.150. The molecule has 2 N–H and O–H groups in total. The predicted molar refractivity (Wildman–Crippen MR) is 143 cm³/mol. The zero-order chi connectivity index (χ0) is 26.8. The molecule has 196 valence electrons. The first kappa shape index (κ1) is 25.0. The molecule has 0 spiro atoms. The first-order valence-corrected chi connectivity index (χ1v) is 13.0. The third-order valence-electron chi connectivity index (χ3n) is 6.26. The van der Waals surface area contributed by atoms with Gasteiger partial charge >= 0.3 is 0 Å². The van der Waals surface area contributed by atoms with Crippen LogP contribution in [0.2, 0.25) is 0 Å². The molecule has 0 radical (unpaired) electrons. The van der Waals surface area contributed by atoms with E-state index in [4.69, 9.17) is 13.9 Å². The highest BCUT2D eigenvalue weighted by Crippen LogP contribution is 2.30. The van der Waals surface area contributed by atoms with Crippen LogP contribution in [-0.4, -0.2) is 46.4 Å². The maximum Gasteiger partial charge on any atom is 0.291 e. The monoisotopic (exact) mass is 541 g/mol. The summed E-state index contributed by atoms with van der Waals surface area (Å²) in [6, 6.07) is 24.4. The zero-order valence-electron chi connectivity index (χ0n) is 20.7. The van der Waals surface area contributed by atoms with E-state index >= 15 is 0 Å². The van der Waals surface area contributed by atoms with E-state index in [0.717, 1.165) is 21.4 Å². The number of aromatic nitrogens is 3. The van der Waals surface area contributed by atoms with Gasteiger partial charge in [0, 0.05) is 7.11 Å². The molecule has 10 nitrogen and oxygen atoms in total. The average Bonchev–Trinajstić information content (AvgIpc) is 3.64. The smallest absolute Gasteiger partial charge is 0.291 e. The van der Waals surface area contributed by atoms with E-state index in [1.165, 1.54) is 18.4 Å². The normalized spacial score (nSPS) is 19.2. The van der Waals surface area contributed by atoms with Gasteiger partial charge in [0.25, 0.3) is 17.6 Å². The number of carbonyl (C=O) groups is 2. The number of fused-ring (bicyclic) bond motifs is 1. The van der Waals surface area contributed by atoms with Gasteiger partial charge in [-0.3, -0.25) is 14.9 Å². The van der Waals surface area contributed by atoms with Crippen LogP contribution in [0.25, 0.3) is 21.3 Å². The fourth-order valence-corrected chi connectivity index (χ4v) is 5.23. The quantitative estimate of drug-likeness (QED) is 0.282. The Kier molecular flexibility index (Phi) is 6.95. The van der Waals surface area contributed by atoms with Crippen LogP contribution in [0.1, 0.15) is 33.2 Å². The van der Waals surface area contributed by atoms with Gasteiger partial charge in [-0.25, -0.2) is 4.98 Å². The number of ether oxygens (including phenoxy) is 2. The molecule has 11 heteroatoms. The molecule has 0 bridgehead atoms. The SMILES string of the molecule is COC1NC(=O)C(OCc2ccccc2)C(c2nnc(C(=O)c3nc4ccc(-c5ccccc5)cc4s3)o2)N1. The largest absolute Gasteiger partial charge is 0.416 e.